The minimum Gasteiger partial charge on any atom is -0.396 e. The van der Waals surface area contributed by atoms with Gasteiger partial charge >= 0.3 is 0 Å². The number of aliphatic hydroxyl groups excluding tert-OH is 1. The van der Waals surface area contributed by atoms with Crippen LogP contribution in [-0.2, 0) is 4.79 Å². The molecule has 2 fully saturated rings. The predicted molar refractivity (Wildman–Crippen MR) is 80.5 cm³/mol. The van der Waals surface area contributed by atoms with Crippen LogP contribution in [0, 0.1) is 5.41 Å². The summed E-state index contributed by atoms with van der Waals surface area (Å²) in [5.74, 6) is 0.130. The lowest BCUT2D eigenvalue weighted by atomic mass is 9.87. The van der Waals surface area contributed by atoms with Crippen LogP contribution in [-0.4, -0.2) is 48.7 Å². The van der Waals surface area contributed by atoms with Gasteiger partial charge in [0.15, 0.2) is 0 Å². The Hall–Kier alpha value is -0.610. The second kappa shape index (κ2) is 7.99. The number of carbonyl (C=O) groups is 1. The van der Waals surface area contributed by atoms with Gasteiger partial charge in [-0.15, -0.1) is 0 Å². The molecule has 0 aromatic rings. The second-order valence-corrected chi connectivity index (χ2v) is 6.69. The van der Waals surface area contributed by atoms with Crippen molar-refractivity contribution in [1.29, 1.82) is 0 Å². The number of nitrogens with one attached hydrogen (secondary N) is 1. The maximum Gasteiger partial charge on any atom is 0.234 e. The Bertz CT molecular complexity index is 293. The van der Waals surface area contributed by atoms with Gasteiger partial charge in [-0.05, 0) is 38.8 Å². The molecule has 20 heavy (non-hydrogen) atoms. The van der Waals surface area contributed by atoms with E-state index in [0.29, 0.717) is 13.1 Å². The van der Waals surface area contributed by atoms with Gasteiger partial charge < -0.3 is 10.4 Å². The van der Waals surface area contributed by atoms with Gasteiger partial charge in [0.25, 0.3) is 0 Å². The van der Waals surface area contributed by atoms with Crippen molar-refractivity contribution in [1.82, 2.24) is 10.2 Å². The van der Waals surface area contributed by atoms with Crippen LogP contribution < -0.4 is 5.32 Å². The van der Waals surface area contributed by atoms with Crippen molar-refractivity contribution < 1.29 is 9.90 Å². The van der Waals surface area contributed by atoms with Crippen molar-refractivity contribution in [2.75, 3.05) is 32.8 Å². The number of hydrogen-bond acceptors (Lipinski definition) is 3. The smallest absolute Gasteiger partial charge is 0.234 e. The maximum atomic E-state index is 12.1. The molecule has 2 N–H and O–H groups in total. The van der Waals surface area contributed by atoms with E-state index in [1.165, 1.54) is 44.9 Å². The number of aliphatic hydroxyl groups is 1. The number of likely N-dealkylation sites (tertiary alicyclic amines) is 1. The molecule has 0 unspecified atom stereocenters. The molecule has 4 heteroatoms. The highest BCUT2D eigenvalue weighted by Gasteiger charge is 2.33. The molecule has 1 amide bonds. The van der Waals surface area contributed by atoms with E-state index in [9.17, 15) is 9.90 Å². The molecule has 0 radical (unpaired) electrons. The van der Waals surface area contributed by atoms with Crippen LogP contribution in [0.5, 0.6) is 0 Å². The third-order valence-corrected chi connectivity index (χ3v) is 4.98. The molecule has 0 atom stereocenters. The van der Waals surface area contributed by atoms with Gasteiger partial charge in [-0.3, -0.25) is 9.69 Å². The summed E-state index contributed by atoms with van der Waals surface area (Å²) < 4.78 is 0. The lowest BCUT2D eigenvalue weighted by Gasteiger charge is -2.28. The molecule has 0 aromatic carbocycles. The topological polar surface area (TPSA) is 52.6 Å². The molecule has 116 valence electrons. The summed E-state index contributed by atoms with van der Waals surface area (Å²) in [5, 5.41) is 12.6. The fourth-order valence-corrected chi connectivity index (χ4v) is 3.53. The summed E-state index contributed by atoms with van der Waals surface area (Å²) in [6.45, 7) is 3.49. The fourth-order valence-electron chi connectivity index (χ4n) is 3.53. The number of amides is 1. The van der Waals surface area contributed by atoms with Crippen LogP contribution in [0.25, 0.3) is 0 Å². The third-order valence-electron chi connectivity index (χ3n) is 4.98. The summed E-state index contributed by atoms with van der Waals surface area (Å²) in [7, 11) is 0. The number of carbonyl (C=O) groups excluding carboxylic acids is 1. The Morgan fingerprint density at radius 3 is 2.20 bits per heavy atom. The van der Waals surface area contributed by atoms with Crippen molar-refractivity contribution in [3.63, 3.8) is 0 Å². The fraction of sp³-hybridized carbons (Fsp3) is 0.938. The first-order valence-electron chi connectivity index (χ1n) is 8.34. The van der Waals surface area contributed by atoms with Crippen molar-refractivity contribution in [3.05, 3.63) is 0 Å². The molecule has 0 aromatic heterocycles. The van der Waals surface area contributed by atoms with Gasteiger partial charge in [-0.1, -0.05) is 32.1 Å². The SMILES string of the molecule is O=C(CN1CCCCCCC1)NCC1(CO)CCCC1. The average Bonchev–Trinajstić information content (AvgIpc) is 2.89. The molecule has 0 spiro atoms. The van der Waals surface area contributed by atoms with E-state index < -0.39 is 0 Å². The van der Waals surface area contributed by atoms with E-state index in [-0.39, 0.29) is 17.9 Å². The summed E-state index contributed by atoms with van der Waals surface area (Å²) >= 11 is 0. The van der Waals surface area contributed by atoms with E-state index >= 15 is 0 Å². The van der Waals surface area contributed by atoms with Crippen LogP contribution in [0.1, 0.15) is 57.8 Å². The molecule has 1 aliphatic heterocycles. The third kappa shape index (κ3) is 4.74. The highest BCUT2D eigenvalue weighted by atomic mass is 16.3. The molecule has 4 nitrogen and oxygen atoms in total. The highest BCUT2D eigenvalue weighted by molar-refractivity contribution is 5.78. The largest absolute Gasteiger partial charge is 0.396 e. The van der Waals surface area contributed by atoms with Crippen molar-refractivity contribution in [2.45, 2.75) is 57.8 Å². The Morgan fingerprint density at radius 1 is 1.00 bits per heavy atom. The molecule has 0 bridgehead atoms. The molecule has 1 aliphatic carbocycles. The minimum absolute atomic E-state index is 0.0358. The zero-order chi connectivity index (χ0) is 14.3. The van der Waals surface area contributed by atoms with Crippen LogP contribution in [0.3, 0.4) is 0 Å². The first-order valence-corrected chi connectivity index (χ1v) is 8.34. The lowest BCUT2D eigenvalue weighted by molar-refractivity contribution is -0.123. The summed E-state index contributed by atoms with van der Waals surface area (Å²) in [6.07, 6.45) is 10.8. The second-order valence-electron chi connectivity index (χ2n) is 6.69. The van der Waals surface area contributed by atoms with Gasteiger partial charge in [0.2, 0.25) is 5.91 Å². The number of hydrogen-bond donors (Lipinski definition) is 2. The van der Waals surface area contributed by atoms with Gasteiger partial charge in [0, 0.05) is 12.0 Å². The summed E-state index contributed by atoms with van der Waals surface area (Å²) in [5.41, 5.74) is -0.0358. The highest BCUT2D eigenvalue weighted by Crippen LogP contribution is 2.36. The zero-order valence-corrected chi connectivity index (χ0v) is 12.7. The van der Waals surface area contributed by atoms with Crippen LogP contribution in [0.15, 0.2) is 0 Å². The van der Waals surface area contributed by atoms with Gasteiger partial charge in [-0.25, -0.2) is 0 Å². The lowest BCUT2D eigenvalue weighted by Crippen LogP contribution is -2.43. The van der Waals surface area contributed by atoms with Gasteiger partial charge in [0.05, 0.1) is 13.2 Å². The first-order chi connectivity index (χ1) is 9.74. The first kappa shape index (κ1) is 15.8. The minimum atomic E-state index is -0.0358. The van der Waals surface area contributed by atoms with E-state index in [4.69, 9.17) is 0 Å². The Morgan fingerprint density at radius 2 is 1.60 bits per heavy atom. The van der Waals surface area contributed by atoms with E-state index in [0.717, 1.165) is 25.9 Å². The van der Waals surface area contributed by atoms with Gasteiger partial charge in [-0.2, -0.15) is 0 Å². The molecule has 2 aliphatic rings. The Kier molecular flexibility index (Phi) is 6.30. The Balaban J connectivity index is 1.71. The molecule has 1 saturated carbocycles. The quantitative estimate of drug-likeness (QED) is 0.810. The molecular formula is C16H30N2O2. The normalized spacial score (nSPS) is 24.1. The van der Waals surface area contributed by atoms with Gasteiger partial charge in [0.1, 0.15) is 0 Å². The zero-order valence-electron chi connectivity index (χ0n) is 12.7. The predicted octanol–water partition coefficient (Wildman–Crippen LogP) is 1.92. The van der Waals surface area contributed by atoms with Crippen molar-refractivity contribution >= 4 is 5.91 Å². The van der Waals surface area contributed by atoms with E-state index in [2.05, 4.69) is 10.2 Å². The van der Waals surface area contributed by atoms with Crippen molar-refractivity contribution in [2.24, 2.45) is 5.41 Å². The van der Waals surface area contributed by atoms with E-state index in [1.807, 2.05) is 0 Å². The standard InChI is InChI=1S/C16H30N2O2/c19-14-16(8-4-5-9-16)13-17-15(20)12-18-10-6-2-1-3-7-11-18/h19H,1-14H2,(H,17,20). The molecular weight excluding hydrogens is 252 g/mol. The molecule has 1 saturated heterocycles. The summed E-state index contributed by atoms with van der Waals surface area (Å²) in [6, 6.07) is 0. The Labute approximate surface area is 122 Å². The van der Waals surface area contributed by atoms with Crippen LogP contribution >= 0.6 is 0 Å². The number of rotatable bonds is 5. The molecule has 2 rings (SSSR count). The maximum absolute atomic E-state index is 12.1. The van der Waals surface area contributed by atoms with Crippen LogP contribution in [0.4, 0.5) is 0 Å². The monoisotopic (exact) mass is 282 g/mol. The number of nitrogens with zero attached hydrogens (tertiary/aromatic N) is 1. The average molecular weight is 282 g/mol. The van der Waals surface area contributed by atoms with E-state index in [1.54, 1.807) is 0 Å². The van der Waals surface area contributed by atoms with Crippen LogP contribution in [0.2, 0.25) is 0 Å². The van der Waals surface area contributed by atoms with Crippen molar-refractivity contribution in [3.8, 4) is 0 Å². The summed E-state index contributed by atoms with van der Waals surface area (Å²) in [4.78, 5) is 14.4. The molecule has 1 heterocycles.